The zero-order chi connectivity index (χ0) is 11.7. The molecule has 0 aromatic heterocycles. The van der Waals surface area contributed by atoms with Crippen molar-refractivity contribution >= 4 is 8.32 Å². The Morgan fingerprint density at radius 3 is 2.00 bits per heavy atom. The summed E-state index contributed by atoms with van der Waals surface area (Å²) in [7, 11) is 0.341. The van der Waals surface area contributed by atoms with Gasteiger partial charge in [0.1, 0.15) is 0 Å². The zero-order valence-electron chi connectivity index (χ0n) is 10.2. The minimum absolute atomic E-state index is 0.158. The summed E-state index contributed by atoms with van der Waals surface area (Å²) in [5.74, 6) is 0. The number of nitrogens with zero attached hydrogens (tertiary/aromatic N) is 1. The van der Waals surface area contributed by atoms with Gasteiger partial charge < -0.3 is 14.6 Å². The Kier molecular flexibility index (Phi) is 8.27. The molecule has 0 heterocycles. The van der Waals surface area contributed by atoms with E-state index in [0.29, 0.717) is 13.1 Å². The van der Waals surface area contributed by atoms with Gasteiger partial charge in [0.2, 0.25) is 0 Å². The molecule has 0 aromatic carbocycles. The van der Waals surface area contributed by atoms with Gasteiger partial charge in [0.05, 0.1) is 13.2 Å². The third-order valence-corrected chi connectivity index (χ3v) is 5.30. The molecular weight excluding hydrogens is 210 g/mol. The maximum absolute atomic E-state index is 8.83. The average molecular weight is 235 g/mol. The van der Waals surface area contributed by atoms with Crippen molar-refractivity contribution in [2.75, 3.05) is 40.0 Å². The predicted molar refractivity (Wildman–Crippen MR) is 64.5 cm³/mol. The van der Waals surface area contributed by atoms with Gasteiger partial charge in [-0.25, -0.2) is 0 Å². The summed E-state index contributed by atoms with van der Waals surface area (Å²) in [6, 6.07) is 1.12. The lowest BCUT2D eigenvalue weighted by molar-refractivity contribution is 0.161. The van der Waals surface area contributed by atoms with Crippen LogP contribution in [0.5, 0.6) is 0 Å². The van der Waals surface area contributed by atoms with Crippen LogP contribution in [0.4, 0.5) is 0 Å². The Morgan fingerprint density at radius 2 is 1.60 bits per heavy atom. The molecular formula is C10H25NO3Si. The van der Waals surface area contributed by atoms with Gasteiger partial charge >= 0.3 is 0 Å². The van der Waals surface area contributed by atoms with Crippen LogP contribution in [0.3, 0.4) is 0 Å². The standard InChI is InChI=1S/C10H25NO3Si/c1-14-15(2,3)10-4-5-11(6-8-12)7-9-13/h12-13H,4-10H2,1-3H3. The fourth-order valence-corrected chi connectivity index (χ4v) is 2.66. The van der Waals surface area contributed by atoms with Gasteiger partial charge in [-0.1, -0.05) is 0 Å². The van der Waals surface area contributed by atoms with E-state index in [4.69, 9.17) is 14.6 Å². The van der Waals surface area contributed by atoms with E-state index < -0.39 is 8.32 Å². The summed E-state index contributed by atoms with van der Waals surface area (Å²) in [5.41, 5.74) is 0. The molecule has 0 spiro atoms. The molecule has 0 aliphatic heterocycles. The fraction of sp³-hybridized carbons (Fsp3) is 1.00. The van der Waals surface area contributed by atoms with Crippen LogP contribution in [-0.2, 0) is 4.43 Å². The molecule has 0 aliphatic carbocycles. The first-order valence-corrected chi connectivity index (χ1v) is 8.66. The van der Waals surface area contributed by atoms with E-state index in [1.165, 1.54) is 0 Å². The lowest BCUT2D eigenvalue weighted by atomic mass is 10.4. The molecule has 0 saturated carbocycles. The molecule has 0 radical (unpaired) electrons. The molecule has 0 fully saturated rings. The second-order valence-electron chi connectivity index (χ2n) is 4.36. The predicted octanol–water partition coefficient (Wildman–Crippen LogP) is 0.515. The van der Waals surface area contributed by atoms with E-state index in [-0.39, 0.29) is 13.2 Å². The highest BCUT2D eigenvalue weighted by Gasteiger charge is 2.19. The quantitative estimate of drug-likeness (QED) is 0.572. The first-order chi connectivity index (χ1) is 7.05. The highest BCUT2D eigenvalue weighted by Crippen LogP contribution is 2.12. The average Bonchev–Trinajstić information content (AvgIpc) is 2.18. The Bertz CT molecular complexity index is 150. The minimum Gasteiger partial charge on any atom is -0.420 e. The summed E-state index contributed by atoms with van der Waals surface area (Å²) in [6.45, 7) is 6.95. The second-order valence-corrected chi connectivity index (χ2v) is 8.78. The monoisotopic (exact) mass is 235 g/mol. The molecule has 0 bridgehead atoms. The Labute approximate surface area is 94.0 Å². The Hall–Kier alpha value is 0.0569. The number of aliphatic hydroxyl groups is 2. The number of hydrogen-bond donors (Lipinski definition) is 2. The third-order valence-electron chi connectivity index (χ3n) is 2.64. The summed E-state index contributed by atoms with van der Waals surface area (Å²) >= 11 is 0. The summed E-state index contributed by atoms with van der Waals surface area (Å²) in [4.78, 5) is 2.08. The van der Waals surface area contributed by atoms with Crippen LogP contribution < -0.4 is 0 Å². The minimum atomic E-state index is -1.44. The van der Waals surface area contributed by atoms with Gasteiger partial charge in [-0.3, -0.25) is 4.90 Å². The number of aliphatic hydroxyl groups excluding tert-OH is 2. The van der Waals surface area contributed by atoms with Gasteiger partial charge in [0.15, 0.2) is 8.32 Å². The summed E-state index contributed by atoms with van der Waals surface area (Å²) in [5, 5.41) is 17.7. The molecule has 5 heteroatoms. The van der Waals surface area contributed by atoms with E-state index in [9.17, 15) is 0 Å². The molecule has 4 nitrogen and oxygen atoms in total. The Morgan fingerprint density at radius 1 is 1.07 bits per heavy atom. The van der Waals surface area contributed by atoms with Crippen molar-refractivity contribution in [2.45, 2.75) is 25.6 Å². The van der Waals surface area contributed by atoms with Gasteiger partial charge in [-0.15, -0.1) is 0 Å². The maximum Gasteiger partial charge on any atom is 0.186 e. The van der Waals surface area contributed by atoms with Gasteiger partial charge in [0.25, 0.3) is 0 Å². The first-order valence-electron chi connectivity index (χ1n) is 5.55. The molecule has 0 atom stereocenters. The van der Waals surface area contributed by atoms with Crippen LogP contribution in [0.25, 0.3) is 0 Å². The van der Waals surface area contributed by atoms with E-state index in [2.05, 4.69) is 18.0 Å². The second kappa shape index (κ2) is 8.24. The molecule has 0 rings (SSSR count). The molecule has 92 valence electrons. The van der Waals surface area contributed by atoms with Crippen LogP contribution in [0.1, 0.15) is 6.42 Å². The molecule has 0 aliphatic rings. The van der Waals surface area contributed by atoms with Gasteiger partial charge in [0, 0.05) is 20.2 Å². The number of hydrogen-bond acceptors (Lipinski definition) is 4. The van der Waals surface area contributed by atoms with Crippen LogP contribution >= 0.6 is 0 Å². The first kappa shape index (κ1) is 15.1. The van der Waals surface area contributed by atoms with E-state index in [1.807, 2.05) is 0 Å². The van der Waals surface area contributed by atoms with E-state index in [0.717, 1.165) is 19.0 Å². The van der Waals surface area contributed by atoms with Crippen molar-refractivity contribution in [3.05, 3.63) is 0 Å². The zero-order valence-corrected chi connectivity index (χ0v) is 11.2. The summed E-state index contributed by atoms with van der Waals surface area (Å²) < 4.78 is 5.46. The maximum atomic E-state index is 8.83. The largest absolute Gasteiger partial charge is 0.420 e. The molecule has 0 saturated heterocycles. The van der Waals surface area contributed by atoms with E-state index in [1.54, 1.807) is 7.11 Å². The lowest BCUT2D eigenvalue weighted by Gasteiger charge is -2.23. The molecule has 0 unspecified atom stereocenters. The highest BCUT2D eigenvalue weighted by atomic mass is 28.4. The van der Waals surface area contributed by atoms with Crippen molar-refractivity contribution in [1.82, 2.24) is 4.90 Å². The van der Waals surface area contributed by atoms with Crippen molar-refractivity contribution in [3.63, 3.8) is 0 Å². The summed E-state index contributed by atoms with van der Waals surface area (Å²) in [6.07, 6.45) is 1.08. The molecule has 0 aromatic rings. The highest BCUT2D eigenvalue weighted by molar-refractivity contribution is 6.71. The smallest absolute Gasteiger partial charge is 0.186 e. The van der Waals surface area contributed by atoms with Crippen molar-refractivity contribution in [3.8, 4) is 0 Å². The van der Waals surface area contributed by atoms with Crippen molar-refractivity contribution in [2.24, 2.45) is 0 Å². The van der Waals surface area contributed by atoms with E-state index >= 15 is 0 Å². The van der Waals surface area contributed by atoms with Crippen LogP contribution in [0.15, 0.2) is 0 Å². The number of rotatable bonds is 9. The van der Waals surface area contributed by atoms with Crippen LogP contribution in [0.2, 0.25) is 19.1 Å². The molecule has 0 amide bonds. The molecule has 2 N–H and O–H groups in total. The SMILES string of the molecule is CO[Si](C)(C)CCCN(CCO)CCO. The Balaban J connectivity index is 3.69. The van der Waals surface area contributed by atoms with Crippen molar-refractivity contribution < 1.29 is 14.6 Å². The third kappa shape index (κ3) is 7.93. The fourth-order valence-electron chi connectivity index (χ4n) is 1.45. The van der Waals surface area contributed by atoms with Gasteiger partial charge in [-0.2, -0.15) is 0 Å². The normalized spacial score (nSPS) is 12.4. The lowest BCUT2D eigenvalue weighted by Crippen LogP contribution is -2.33. The van der Waals surface area contributed by atoms with Gasteiger partial charge in [-0.05, 0) is 32.1 Å². The molecule has 15 heavy (non-hydrogen) atoms. The van der Waals surface area contributed by atoms with Crippen molar-refractivity contribution in [1.29, 1.82) is 0 Å². The van der Waals surface area contributed by atoms with Crippen LogP contribution in [-0.4, -0.2) is 63.4 Å². The van der Waals surface area contributed by atoms with Crippen LogP contribution in [0, 0.1) is 0 Å². The topological polar surface area (TPSA) is 52.9 Å².